The lowest BCUT2D eigenvalue weighted by Gasteiger charge is -2.28. The molecule has 12 heavy (non-hydrogen) atoms. The fourth-order valence-electron chi connectivity index (χ4n) is 1.38. The van der Waals surface area contributed by atoms with E-state index in [1.54, 1.807) is 12.1 Å². The number of hydrogen-bond acceptors (Lipinski definition) is 1. The minimum atomic E-state index is -0.209. The van der Waals surface area contributed by atoms with Crippen LogP contribution in [-0.4, -0.2) is 6.54 Å². The highest BCUT2D eigenvalue weighted by atomic mass is 35.5. The summed E-state index contributed by atoms with van der Waals surface area (Å²) in [6.07, 6.45) is 0.973. The molecule has 0 aliphatic carbocycles. The standard InChI is InChI=1S/C9H9ClFN/c10-6-2-1-3-7(11)9(6)8-4-5-12-8/h1-3,8,12H,4-5H2. The summed E-state index contributed by atoms with van der Waals surface area (Å²) in [6.45, 7) is 0.954. The molecule has 1 saturated heterocycles. The van der Waals surface area contributed by atoms with E-state index in [-0.39, 0.29) is 11.9 Å². The second kappa shape index (κ2) is 3.04. The van der Waals surface area contributed by atoms with Crippen LogP contribution in [0.5, 0.6) is 0 Å². The van der Waals surface area contributed by atoms with Crippen LogP contribution in [0.25, 0.3) is 0 Å². The summed E-state index contributed by atoms with van der Waals surface area (Å²) in [4.78, 5) is 0. The number of rotatable bonds is 1. The molecule has 1 unspecified atom stereocenters. The van der Waals surface area contributed by atoms with E-state index in [4.69, 9.17) is 11.6 Å². The maximum atomic E-state index is 13.2. The number of nitrogens with one attached hydrogen (secondary N) is 1. The summed E-state index contributed by atoms with van der Waals surface area (Å²) in [6, 6.07) is 4.92. The lowest BCUT2D eigenvalue weighted by molar-refractivity contribution is 0.370. The first-order valence-electron chi connectivity index (χ1n) is 3.96. The molecule has 1 aromatic rings. The summed E-state index contributed by atoms with van der Waals surface area (Å²) in [5.74, 6) is -0.209. The molecule has 64 valence electrons. The zero-order valence-electron chi connectivity index (χ0n) is 6.48. The van der Waals surface area contributed by atoms with E-state index in [9.17, 15) is 4.39 Å². The Balaban J connectivity index is 2.39. The van der Waals surface area contributed by atoms with Crippen LogP contribution in [0, 0.1) is 5.82 Å². The molecule has 1 heterocycles. The molecular formula is C9H9ClFN. The van der Waals surface area contributed by atoms with Crippen LogP contribution >= 0.6 is 11.6 Å². The minimum Gasteiger partial charge on any atom is -0.310 e. The Morgan fingerprint density at radius 3 is 2.75 bits per heavy atom. The van der Waals surface area contributed by atoms with Gasteiger partial charge in [0, 0.05) is 16.6 Å². The Bertz CT molecular complexity index is 276. The Hall–Kier alpha value is -0.600. The van der Waals surface area contributed by atoms with Crippen molar-refractivity contribution in [3.05, 3.63) is 34.6 Å². The molecule has 0 bridgehead atoms. The van der Waals surface area contributed by atoms with Crippen LogP contribution in [0.15, 0.2) is 18.2 Å². The van der Waals surface area contributed by atoms with Gasteiger partial charge < -0.3 is 5.32 Å². The Morgan fingerprint density at radius 1 is 1.50 bits per heavy atom. The van der Waals surface area contributed by atoms with Crippen molar-refractivity contribution in [1.82, 2.24) is 5.32 Å². The van der Waals surface area contributed by atoms with Crippen molar-refractivity contribution in [2.45, 2.75) is 12.5 Å². The number of hydrogen-bond donors (Lipinski definition) is 1. The summed E-state index contributed by atoms with van der Waals surface area (Å²) < 4.78 is 13.2. The molecular weight excluding hydrogens is 177 g/mol. The first-order chi connectivity index (χ1) is 5.79. The van der Waals surface area contributed by atoms with Gasteiger partial charge in [-0.1, -0.05) is 17.7 Å². The van der Waals surface area contributed by atoms with Crippen molar-refractivity contribution in [3.8, 4) is 0 Å². The van der Waals surface area contributed by atoms with Crippen LogP contribution in [0.1, 0.15) is 18.0 Å². The van der Waals surface area contributed by atoms with Crippen LogP contribution in [0.2, 0.25) is 5.02 Å². The van der Waals surface area contributed by atoms with Gasteiger partial charge in [-0.2, -0.15) is 0 Å². The number of halogens is 2. The molecule has 1 nitrogen and oxygen atoms in total. The van der Waals surface area contributed by atoms with E-state index in [1.807, 2.05) is 0 Å². The topological polar surface area (TPSA) is 12.0 Å². The molecule has 0 saturated carbocycles. The average molecular weight is 186 g/mol. The molecule has 1 aliphatic rings. The lowest BCUT2D eigenvalue weighted by Crippen LogP contribution is -2.35. The fourth-order valence-corrected chi connectivity index (χ4v) is 1.67. The molecule has 1 atom stereocenters. The minimum absolute atomic E-state index is 0.124. The maximum absolute atomic E-state index is 13.2. The van der Waals surface area contributed by atoms with Gasteiger partial charge in [-0.25, -0.2) is 4.39 Å². The molecule has 3 heteroatoms. The van der Waals surface area contributed by atoms with E-state index >= 15 is 0 Å². The molecule has 0 aromatic heterocycles. The fraction of sp³-hybridized carbons (Fsp3) is 0.333. The first-order valence-corrected chi connectivity index (χ1v) is 4.34. The zero-order valence-corrected chi connectivity index (χ0v) is 7.24. The number of benzene rings is 1. The summed E-state index contributed by atoms with van der Waals surface area (Å²) in [5, 5.41) is 3.64. The maximum Gasteiger partial charge on any atom is 0.129 e. The van der Waals surface area contributed by atoms with Gasteiger partial charge in [-0.15, -0.1) is 0 Å². The SMILES string of the molecule is Fc1cccc(Cl)c1C1CCN1. The third kappa shape index (κ3) is 1.21. The van der Waals surface area contributed by atoms with Crippen molar-refractivity contribution in [2.24, 2.45) is 0 Å². The van der Waals surface area contributed by atoms with Gasteiger partial charge in [0.15, 0.2) is 0 Å². The van der Waals surface area contributed by atoms with Gasteiger partial charge in [-0.05, 0) is 25.1 Å². The van der Waals surface area contributed by atoms with Crippen molar-refractivity contribution < 1.29 is 4.39 Å². The summed E-state index contributed by atoms with van der Waals surface area (Å²) in [7, 11) is 0. The van der Waals surface area contributed by atoms with Gasteiger partial charge >= 0.3 is 0 Å². The molecule has 1 N–H and O–H groups in total. The van der Waals surface area contributed by atoms with Gasteiger partial charge in [0.1, 0.15) is 5.82 Å². The summed E-state index contributed by atoms with van der Waals surface area (Å²) >= 11 is 5.86. The molecule has 1 aromatic carbocycles. The monoisotopic (exact) mass is 185 g/mol. The smallest absolute Gasteiger partial charge is 0.129 e. The van der Waals surface area contributed by atoms with Crippen molar-refractivity contribution >= 4 is 11.6 Å². The molecule has 0 radical (unpaired) electrons. The second-order valence-electron chi connectivity index (χ2n) is 2.93. The van der Waals surface area contributed by atoms with Gasteiger partial charge in [0.05, 0.1) is 0 Å². The first kappa shape index (κ1) is 8.02. The van der Waals surface area contributed by atoms with E-state index < -0.39 is 0 Å². The van der Waals surface area contributed by atoms with Crippen LogP contribution in [0.4, 0.5) is 4.39 Å². The van der Waals surface area contributed by atoms with E-state index in [2.05, 4.69) is 5.32 Å². The van der Waals surface area contributed by atoms with Crippen LogP contribution in [-0.2, 0) is 0 Å². The molecule has 1 aliphatic heterocycles. The molecule has 0 spiro atoms. The average Bonchev–Trinajstić information content (AvgIpc) is 1.93. The largest absolute Gasteiger partial charge is 0.310 e. The Kier molecular flexibility index (Phi) is 2.03. The normalized spacial score (nSPS) is 22.0. The molecule has 1 fully saturated rings. The second-order valence-corrected chi connectivity index (χ2v) is 3.34. The third-order valence-corrected chi connectivity index (χ3v) is 2.50. The molecule has 0 amide bonds. The zero-order chi connectivity index (χ0) is 8.55. The van der Waals surface area contributed by atoms with Gasteiger partial charge in [0.2, 0.25) is 0 Å². The van der Waals surface area contributed by atoms with E-state index in [1.165, 1.54) is 6.07 Å². The predicted octanol–water partition coefficient (Wildman–Crippen LogP) is 2.51. The van der Waals surface area contributed by atoms with Crippen molar-refractivity contribution in [2.75, 3.05) is 6.54 Å². The highest BCUT2D eigenvalue weighted by Gasteiger charge is 2.23. The Morgan fingerprint density at radius 2 is 2.25 bits per heavy atom. The van der Waals surface area contributed by atoms with Gasteiger partial charge in [-0.3, -0.25) is 0 Å². The van der Waals surface area contributed by atoms with Crippen LogP contribution in [0.3, 0.4) is 0 Å². The van der Waals surface area contributed by atoms with E-state index in [0.717, 1.165) is 13.0 Å². The highest BCUT2D eigenvalue weighted by molar-refractivity contribution is 6.31. The van der Waals surface area contributed by atoms with Crippen LogP contribution < -0.4 is 5.32 Å². The summed E-state index contributed by atoms with van der Waals surface area (Å²) in [5.41, 5.74) is 0.616. The third-order valence-electron chi connectivity index (χ3n) is 2.17. The Labute approximate surface area is 75.5 Å². The predicted molar refractivity (Wildman–Crippen MR) is 46.8 cm³/mol. The molecule has 2 rings (SSSR count). The lowest BCUT2D eigenvalue weighted by atomic mass is 9.97. The van der Waals surface area contributed by atoms with Gasteiger partial charge in [0.25, 0.3) is 0 Å². The van der Waals surface area contributed by atoms with Crippen molar-refractivity contribution in [3.63, 3.8) is 0 Å². The quantitative estimate of drug-likeness (QED) is 0.709. The van der Waals surface area contributed by atoms with E-state index in [0.29, 0.717) is 10.6 Å². The highest BCUT2D eigenvalue weighted by Crippen LogP contribution is 2.31. The van der Waals surface area contributed by atoms with Crippen molar-refractivity contribution in [1.29, 1.82) is 0 Å².